The highest BCUT2D eigenvalue weighted by Crippen LogP contribution is 2.23. The predicted octanol–water partition coefficient (Wildman–Crippen LogP) is 4.18. The summed E-state index contributed by atoms with van der Waals surface area (Å²) in [6, 6.07) is 14.2. The Bertz CT molecular complexity index is 1100. The third kappa shape index (κ3) is 5.58. The summed E-state index contributed by atoms with van der Waals surface area (Å²) >= 11 is 0. The molecule has 1 fully saturated rings. The topological polar surface area (TPSA) is 100 Å². The molecule has 1 aromatic heterocycles. The van der Waals surface area contributed by atoms with Gasteiger partial charge in [0.15, 0.2) is 0 Å². The molecular weight excluding hydrogens is 418 g/mol. The third-order valence-corrected chi connectivity index (χ3v) is 5.72. The van der Waals surface area contributed by atoms with E-state index in [2.05, 4.69) is 31.7 Å². The van der Waals surface area contributed by atoms with Crippen LogP contribution in [0.4, 0.5) is 11.4 Å². The number of rotatable bonds is 8. The fraction of sp³-hybridized carbons (Fsp3) is 0.360. The number of aryl methyl sites for hydroxylation is 1. The molecule has 2 amide bonds. The first-order valence-corrected chi connectivity index (χ1v) is 11.4. The van der Waals surface area contributed by atoms with E-state index in [1.54, 1.807) is 31.2 Å². The van der Waals surface area contributed by atoms with Crippen molar-refractivity contribution >= 4 is 23.2 Å². The number of nitrogens with one attached hydrogen (secondary N) is 2. The van der Waals surface area contributed by atoms with Crippen LogP contribution in [-0.4, -0.2) is 41.1 Å². The monoisotopic (exact) mass is 447 g/mol. The zero-order chi connectivity index (χ0) is 23.2. The molecule has 8 nitrogen and oxygen atoms in total. The molecule has 0 spiro atoms. The second kappa shape index (κ2) is 10.3. The second-order valence-electron chi connectivity index (χ2n) is 8.26. The Morgan fingerprint density at radius 3 is 2.55 bits per heavy atom. The van der Waals surface area contributed by atoms with Gasteiger partial charge in [0, 0.05) is 42.5 Å². The van der Waals surface area contributed by atoms with Gasteiger partial charge in [-0.1, -0.05) is 36.7 Å². The molecule has 0 saturated carbocycles. The Morgan fingerprint density at radius 1 is 1.12 bits per heavy atom. The molecule has 0 bridgehead atoms. The van der Waals surface area contributed by atoms with E-state index in [9.17, 15) is 9.59 Å². The van der Waals surface area contributed by atoms with Gasteiger partial charge in [-0.15, -0.1) is 0 Å². The van der Waals surface area contributed by atoms with Gasteiger partial charge in [-0.05, 0) is 49.6 Å². The minimum absolute atomic E-state index is 0.220. The van der Waals surface area contributed by atoms with Crippen molar-refractivity contribution in [3.63, 3.8) is 0 Å². The third-order valence-electron chi connectivity index (χ3n) is 5.72. The lowest BCUT2D eigenvalue weighted by Gasteiger charge is -2.20. The number of amides is 2. The Hall–Kier alpha value is -3.68. The number of aromatic nitrogens is 2. The van der Waals surface area contributed by atoms with E-state index < -0.39 is 6.04 Å². The number of carbonyl (C=O) groups excluding carboxylic acids is 2. The maximum Gasteiger partial charge on any atom is 0.251 e. The van der Waals surface area contributed by atoms with Crippen LogP contribution in [0.15, 0.2) is 53.1 Å². The van der Waals surface area contributed by atoms with E-state index in [1.807, 2.05) is 25.1 Å². The fourth-order valence-electron chi connectivity index (χ4n) is 3.97. The molecule has 1 aliphatic heterocycles. The van der Waals surface area contributed by atoms with Gasteiger partial charge in [0.1, 0.15) is 6.04 Å². The Balaban J connectivity index is 1.41. The first-order valence-electron chi connectivity index (χ1n) is 11.4. The van der Waals surface area contributed by atoms with E-state index in [0.29, 0.717) is 23.7 Å². The van der Waals surface area contributed by atoms with Gasteiger partial charge in [-0.25, -0.2) is 0 Å². The van der Waals surface area contributed by atoms with Crippen LogP contribution in [-0.2, 0) is 4.79 Å². The Labute approximate surface area is 193 Å². The zero-order valence-electron chi connectivity index (χ0n) is 19.0. The van der Waals surface area contributed by atoms with Crippen molar-refractivity contribution in [1.82, 2.24) is 15.5 Å². The van der Waals surface area contributed by atoms with Crippen LogP contribution in [0.3, 0.4) is 0 Å². The van der Waals surface area contributed by atoms with Crippen LogP contribution in [0.1, 0.15) is 48.9 Å². The molecule has 2 N–H and O–H groups in total. The van der Waals surface area contributed by atoms with Crippen molar-refractivity contribution in [2.24, 2.45) is 0 Å². The lowest BCUT2D eigenvalue weighted by molar-refractivity contribution is -0.118. The lowest BCUT2D eigenvalue weighted by Crippen LogP contribution is -2.43. The van der Waals surface area contributed by atoms with Crippen molar-refractivity contribution < 1.29 is 14.1 Å². The van der Waals surface area contributed by atoms with E-state index in [-0.39, 0.29) is 11.8 Å². The van der Waals surface area contributed by atoms with Crippen LogP contribution < -0.4 is 15.5 Å². The molecule has 2 heterocycles. The first kappa shape index (κ1) is 22.5. The van der Waals surface area contributed by atoms with E-state index in [4.69, 9.17) is 4.52 Å². The number of anilines is 2. The van der Waals surface area contributed by atoms with Crippen LogP contribution in [0.2, 0.25) is 0 Å². The van der Waals surface area contributed by atoms with Gasteiger partial charge in [-0.3, -0.25) is 9.59 Å². The number of hydrogen-bond donors (Lipinski definition) is 2. The van der Waals surface area contributed by atoms with Gasteiger partial charge < -0.3 is 20.1 Å². The minimum atomic E-state index is -0.627. The van der Waals surface area contributed by atoms with Gasteiger partial charge in [0.25, 0.3) is 5.91 Å². The zero-order valence-corrected chi connectivity index (χ0v) is 19.0. The standard InChI is InChI=1S/C25H29N5O3/c1-3-7-22(25(32)27-20-8-6-9-21(16-20)30-14-4-5-15-30)28-24(31)19-12-10-18(11-13-19)23-26-17(2)33-29-23/h6,8-13,16,22H,3-5,7,14-15H2,1-2H3,(H,27,32)(H,28,31). The summed E-state index contributed by atoms with van der Waals surface area (Å²) in [7, 11) is 0. The fourth-order valence-corrected chi connectivity index (χ4v) is 3.97. The van der Waals surface area contributed by atoms with E-state index in [0.717, 1.165) is 36.4 Å². The molecule has 1 aliphatic rings. The largest absolute Gasteiger partial charge is 0.371 e. The summed E-state index contributed by atoms with van der Waals surface area (Å²) in [5.74, 6) is 0.429. The van der Waals surface area contributed by atoms with Crippen LogP contribution in [0.5, 0.6) is 0 Å². The summed E-state index contributed by atoms with van der Waals surface area (Å²) in [6.07, 6.45) is 3.69. The maximum absolute atomic E-state index is 13.0. The second-order valence-corrected chi connectivity index (χ2v) is 8.26. The van der Waals surface area contributed by atoms with Crippen LogP contribution >= 0.6 is 0 Å². The van der Waals surface area contributed by atoms with Crippen molar-refractivity contribution in [2.45, 2.75) is 45.6 Å². The maximum atomic E-state index is 13.0. The smallest absolute Gasteiger partial charge is 0.251 e. The van der Waals surface area contributed by atoms with Crippen molar-refractivity contribution in [1.29, 1.82) is 0 Å². The molecule has 1 unspecified atom stereocenters. The molecule has 8 heteroatoms. The lowest BCUT2D eigenvalue weighted by atomic mass is 10.1. The van der Waals surface area contributed by atoms with Gasteiger partial charge in [0.2, 0.25) is 17.6 Å². The number of hydrogen-bond acceptors (Lipinski definition) is 6. The van der Waals surface area contributed by atoms with Gasteiger partial charge in [0.05, 0.1) is 0 Å². The SMILES string of the molecule is CCCC(NC(=O)c1ccc(-c2noc(C)n2)cc1)C(=O)Nc1cccc(N2CCCC2)c1. The highest BCUT2D eigenvalue weighted by atomic mass is 16.5. The molecule has 3 aromatic rings. The molecule has 4 rings (SSSR count). The normalized spacial score (nSPS) is 14.2. The molecule has 2 aromatic carbocycles. The minimum Gasteiger partial charge on any atom is -0.371 e. The van der Waals surface area contributed by atoms with Crippen molar-refractivity contribution in [2.75, 3.05) is 23.3 Å². The van der Waals surface area contributed by atoms with Crippen molar-refractivity contribution in [3.8, 4) is 11.4 Å². The summed E-state index contributed by atoms with van der Waals surface area (Å²) in [4.78, 5) is 32.3. The molecular formula is C25H29N5O3. The number of benzene rings is 2. The summed E-state index contributed by atoms with van der Waals surface area (Å²) in [6.45, 7) is 5.79. The van der Waals surface area contributed by atoms with Crippen LogP contribution in [0, 0.1) is 6.92 Å². The number of nitrogens with zero attached hydrogens (tertiary/aromatic N) is 3. The molecule has 33 heavy (non-hydrogen) atoms. The number of carbonyl (C=O) groups is 2. The molecule has 1 saturated heterocycles. The van der Waals surface area contributed by atoms with Crippen LogP contribution in [0.25, 0.3) is 11.4 Å². The highest BCUT2D eigenvalue weighted by molar-refractivity contribution is 6.01. The molecule has 1 atom stereocenters. The summed E-state index contributed by atoms with van der Waals surface area (Å²) in [5.41, 5.74) is 3.06. The Morgan fingerprint density at radius 2 is 1.88 bits per heavy atom. The molecule has 172 valence electrons. The quantitative estimate of drug-likeness (QED) is 0.537. The summed E-state index contributed by atoms with van der Waals surface area (Å²) < 4.78 is 5.00. The van der Waals surface area contributed by atoms with Gasteiger partial charge >= 0.3 is 0 Å². The van der Waals surface area contributed by atoms with E-state index in [1.165, 1.54) is 12.8 Å². The molecule has 0 aliphatic carbocycles. The Kier molecular flexibility index (Phi) is 7.02. The summed E-state index contributed by atoms with van der Waals surface area (Å²) in [5, 5.41) is 9.73. The first-order chi connectivity index (χ1) is 16.0. The highest BCUT2D eigenvalue weighted by Gasteiger charge is 2.21. The van der Waals surface area contributed by atoms with Gasteiger partial charge in [-0.2, -0.15) is 4.98 Å². The van der Waals surface area contributed by atoms with Crippen molar-refractivity contribution in [3.05, 3.63) is 60.0 Å². The van der Waals surface area contributed by atoms with E-state index >= 15 is 0 Å². The molecule has 0 radical (unpaired) electrons. The predicted molar refractivity (Wildman–Crippen MR) is 127 cm³/mol. The average molecular weight is 448 g/mol. The average Bonchev–Trinajstić information content (AvgIpc) is 3.51.